The number of carbonyl (C=O) groups excluding carboxylic acids is 1. The van der Waals surface area contributed by atoms with Gasteiger partial charge in [0, 0.05) is 12.7 Å². The molecule has 0 bridgehead atoms. The molecule has 3 heteroatoms. The minimum atomic E-state index is -0.383. The Balaban J connectivity index is 4.24. The zero-order valence-electron chi connectivity index (χ0n) is 12.3. The van der Waals surface area contributed by atoms with Gasteiger partial charge in [-0.2, -0.15) is 0 Å². The fourth-order valence-corrected chi connectivity index (χ4v) is 1.64. The maximum absolute atomic E-state index is 11.1. The second kappa shape index (κ2) is 9.15. The van der Waals surface area contributed by atoms with Gasteiger partial charge in [0.25, 0.3) is 0 Å². The van der Waals surface area contributed by atoms with E-state index in [1.54, 1.807) is 0 Å². The Morgan fingerprint density at radius 2 is 1.94 bits per heavy atom. The topological polar surface area (TPSA) is 35.5 Å². The largest absolute Gasteiger partial charge is 0.459 e. The molecule has 1 atom stereocenters. The Kier molecular flexibility index (Phi) is 8.73. The average molecular weight is 256 g/mol. The van der Waals surface area contributed by atoms with Crippen LogP contribution in [-0.4, -0.2) is 24.8 Å². The van der Waals surface area contributed by atoms with E-state index in [4.69, 9.17) is 9.47 Å². The van der Waals surface area contributed by atoms with E-state index in [0.717, 1.165) is 25.9 Å². The van der Waals surface area contributed by atoms with Crippen LogP contribution in [0.4, 0.5) is 0 Å². The highest BCUT2D eigenvalue weighted by molar-refractivity contribution is 5.81. The minimum Gasteiger partial charge on any atom is -0.459 e. The van der Waals surface area contributed by atoms with E-state index in [-0.39, 0.29) is 11.6 Å². The third-order valence-electron chi connectivity index (χ3n) is 3.65. The first-order chi connectivity index (χ1) is 8.53. The van der Waals surface area contributed by atoms with Crippen molar-refractivity contribution in [2.45, 2.75) is 59.0 Å². The van der Waals surface area contributed by atoms with E-state index >= 15 is 0 Å². The van der Waals surface area contributed by atoms with Crippen molar-refractivity contribution >= 4 is 5.97 Å². The van der Waals surface area contributed by atoms with Crippen LogP contribution in [0.15, 0.2) is 12.7 Å². The lowest BCUT2D eigenvalue weighted by atomic mass is 9.98. The SMILES string of the molecule is C=CC(=O)OCC(CC)(CC)OCCC(C)CC. The zero-order chi connectivity index (χ0) is 14.0. The highest BCUT2D eigenvalue weighted by Gasteiger charge is 2.28. The monoisotopic (exact) mass is 256 g/mol. The highest BCUT2D eigenvalue weighted by Crippen LogP contribution is 2.22. The number of ether oxygens (including phenoxy) is 2. The summed E-state index contributed by atoms with van der Waals surface area (Å²) < 4.78 is 11.1. The van der Waals surface area contributed by atoms with Gasteiger partial charge < -0.3 is 9.47 Å². The van der Waals surface area contributed by atoms with Gasteiger partial charge >= 0.3 is 5.97 Å². The van der Waals surface area contributed by atoms with Crippen LogP contribution in [0.3, 0.4) is 0 Å². The van der Waals surface area contributed by atoms with Crippen LogP contribution in [-0.2, 0) is 14.3 Å². The first-order valence-corrected chi connectivity index (χ1v) is 6.96. The molecule has 3 nitrogen and oxygen atoms in total. The smallest absolute Gasteiger partial charge is 0.330 e. The van der Waals surface area contributed by atoms with Crippen LogP contribution in [0.2, 0.25) is 0 Å². The fraction of sp³-hybridized carbons (Fsp3) is 0.800. The molecular weight excluding hydrogens is 228 g/mol. The van der Waals surface area contributed by atoms with Gasteiger partial charge in [-0.15, -0.1) is 0 Å². The standard InChI is InChI=1S/C15H28O3/c1-6-13(5)10-11-18-15(8-3,9-4)12-17-14(16)7-2/h7,13H,2,6,8-12H2,1,3-5H3. The third kappa shape index (κ3) is 6.20. The lowest BCUT2D eigenvalue weighted by Gasteiger charge is -2.31. The summed E-state index contributed by atoms with van der Waals surface area (Å²) in [5.41, 5.74) is -0.341. The Morgan fingerprint density at radius 3 is 2.39 bits per heavy atom. The predicted octanol–water partition coefficient (Wildman–Crippen LogP) is 3.73. The molecule has 0 aliphatic carbocycles. The van der Waals surface area contributed by atoms with Gasteiger partial charge in [-0.1, -0.05) is 40.7 Å². The average Bonchev–Trinajstić information content (AvgIpc) is 2.42. The summed E-state index contributed by atoms with van der Waals surface area (Å²) >= 11 is 0. The number of esters is 1. The van der Waals surface area contributed by atoms with E-state index in [0.29, 0.717) is 12.5 Å². The van der Waals surface area contributed by atoms with E-state index in [9.17, 15) is 4.79 Å². The van der Waals surface area contributed by atoms with E-state index in [1.807, 2.05) is 0 Å². The van der Waals surface area contributed by atoms with Gasteiger partial charge in [-0.3, -0.25) is 0 Å². The van der Waals surface area contributed by atoms with Crippen LogP contribution >= 0.6 is 0 Å². The molecule has 0 aliphatic heterocycles. The summed E-state index contributed by atoms with van der Waals surface area (Å²) in [6.45, 7) is 13.0. The summed E-state index contributed by atoms with van der Waals surface area (Å²) in [5, 5.41) is 0. The van der Waals surface area contributed by atoms with Crippen LogP contribution in [0.1, 0.15) is 53.4 Å². The van der Waals surface area contributed by atoms with Gasteiger partial charge in [0.05, 0.1) is 0 Å². The second-order valence-corrected chi connectivity index (χ2v) is 4.85. The first-order valence-electron chi connectivity index (χ1n) is 6.96. The summed E-state index contributed by atoms with van der Waals surface area (Å²) in [6.07, 6.45) is 5.09. The van der Waals surface area contributed by atoms with Gasteiger partial charge in [0.2, 0.25) is 0 Å². The van der Waals surface area contributed by atoms with Crippen molar-refractivity contribution in [3.8, 4) is 0 Å². The van der Waals surface area contributed by atoms with Gasteiger partial charge in [0.1, 0.15) is 12.2 Å². The van der Waals surface area contributed by atoms with Crippen molar-refractivity contribution < 1.29 is 14.3 Å². The molecule has 0 heterocycles. The molecular formula is C15H28O3. The number of carbonyl (C=O) groups is 1. The summed E-state index contributed by atoms with van der Waals surface area (Å²) in [7, 11) is 0. The van der Waals surface area contributed by atoms with Gasteiger partial charge in [0.15, 0.2) is 0 Å². The molecule has 0 rings (SSSR count). The van der Waals surface area contributed by atoms with Gasteiger partial charge in [-0.05, 0) is 25.2 Å². The normalized spacial score (nSPS) is 13.1. The number of rotatable bonds is 10. The lowest BCUT2D eigenvalue weighted by molar-refractivity contribution is -0.152. The van der Waals surface area contributed by atoms with Crippen molar-refractivity contribution in [2.24, 2.45) is 5.92 Å². The maximum atomic E-state index is 11.1. The van der Waals surface area contributed by atoms with Crippen LogP contribution in [0.5, 0.6) is 0 Å². The molecule has 0 spiro atoms. The van der Waals surface area contributed by atoms with E-state index < -0.39 is 0 Å². The summed E-state index contributed by atoms with van der Waals surface area (Å²) in [4.78, 5) is 11.1. The zero-order valence-corrected chi connectivity index (χ0v) is 12.3. The minimum absolute atomic E-state index is 0.311. The Bertz CT molecular complexity index is 244. The van der Waals surface area contributed by atoms with E-state index in [2.05, 4.69) is 34.3 Å². The summed E-state index contributed by atoms with van der Waals surface area (Å²) in [6, 6.07) is 0. The van der Waals surface area contributed by atoms with Crippen molar-refractivity contribution in [3.63, 3.8) is 0 Å². The molecule has 0 aromatic rings. The molecule has 0 N–H and O–H groups in total. The lowest BCUT2D eigenvalue weighted by Crippen LogP contribution is -2.38. The van der Waals surface area contributed by atoms with Crippen LogP contribution < -0.4 is 0 Å². The Morgan fingerprint density at radius 1 is 1.33 bits per heavy atom. The molecule has 106 valence electrons. The fourth-order valence-electron chi connectivity index (χ4n) is 1.64. The van der Waals surface area contributed by atoms with Crippen molar-refractivity contribution in [2.75, 3.05) is 13.2 Å². The molecule has 0 aromatic heterocycles. The second-order valence-electron chi connectivity index (χ2n) is 4.85. The molecule has 0 saturated carbocycles. The van der Waals surface area contributed by atoms with Crippen molar-refractivity contribution in [1.29, 1.82) is 0 Å². The highest BCUT2D eigenvalue weighted by atomic mass is 16.6. The molecule has 1 unspecified atom stereocenters. The third-order valence-corrected chi connectivity index (χ3v) is 3.65. The number of hydrogen-bond donors (Lipinski definition) is 0. The molecule has 0 aromatic carbocycles. The molecule has 0 saturated heterocycles. The van der Waals surface area contributed by atoms with Crippen LogP contribution in [0, 0.1) is 5.92 Å². The molecule has 0 aliphatic rings. The van der Waals surface area contributed by atoms with Gasteiger partial charge in [-0.25, -0.2) is 4.79 Å². The summed E-state index contributed by atoms with van der Waals surface area (Å²) in [5.74, 6) is 0.291. The Hall–Kier alpha value is -0.830. The molecule has 0 amide bonds. The van der Waals surface area contributed by atoms with Crippen molar-refractivity contribution in [1.82, 2.24) is 0 Å². The predicted molar refractivity (Wildman–Crippen MR) is 74.5 cm³/mol. The Labute approximate surface area is 112 Å². The number of hydrogen-bond acceptors (Lipinski definition) is 3. The molecule has 0 radical (unpaired) electrons. The maximum Gasteiger partial charge on any atom is 0.330 e. The molecule has 18 heavy (non-hydrogen) atoms. The molecule has 0 fully saturated rings. The van der Waals surface area contributed by atoms with Crippen molar-refractivity contribution in [3.05, 3.63) is 12.7 Å². The quantitative estimate of drug-likeness (QED) is 0.441. The van der Waals surface area contributed by atoms with Crippen LogP contribution in [0.25, 0.3) is 0 Å². The van der Waals surface area contributed by atoms with E-state index in [1.165, 1.54) is 12.5 Å². The first kappa shape index (κ1) is 17.2.